The maximum atomic E-state index is 4.59. The van der Waals surface area contributed by atoms with Gasteiger partial charge in [0.1, 0.15) is 0 Å². The highest BCUT2D eigenvalue weighted by molar-refractivity contribution is 5.59. The van der Waals surface area contributed by atoms with Crippen LogP contribution in [0.5, 0.6) is 0 Å². The summed E-state index contributed by atoms with van der Waals surface area (Å²) in [6, 6.07) is 0. The smallest absolute Gasteiger partial charge is 0.0948 e. The average molecular weight is 285 g/mol. The van der Waals surface area contributed by atoms with Crippen molar-refractivity contribution in [2.24, 2.45) is 5.92 Å². The molecule has 0 spiro atoms. The highest BCUT2D eigenvalue weighted by atomic mass is 15.3. The Labute approximate surface area is 126 Å². The molecule has 0 atom stereocenters. The van der Waals surface area contributed by atoms with Crippen molar-refractivity contribution in [1.29, 1.82) is 0 Å². The fourth-order valence-corrected chi connectivity index (χ4v) is 2.96. The minimum absolute atomic E-state index is 0.720. The molecule has 0 aliphatic carbocycles. The summed E-state index contributed by atoms with van der Waals surface area (Å²) in [6.07, 6.45) is 11.1. The predicted octanol–water partition coefficient (Wildman–Crippen LogP) is 2.24. The lowest BCUT2D eigenvalue weighted by molar-refractivity contribution is 0.218. The van der Waals surface area contributed by atoms with Crippen LogP contribution in [0.15, 0.2) is 24.8 Å². The van der Waals surface area contributed by atoms with Crippen LogP contribution in [0.4, 0.5) is 0 Å². The molecule has 0 aromatic carbocycles. The van der Waals surface area contributed by atoms with E-state index in [0.29, 0.717) is 0 Å². The van der Waals surface area contributed by atoms with Crippen molar-refractivity contribution in [2.45, 2.75) is 32.7 Å². The van der Waals surface area contributed by atoms with Crippen molar-refractivity contribution < 1.29 is 0 Å². The Balaban J connectivity index is 1.79. The van der Waals surface area contributed by atoms with E-state index in [1.54, 1.807) is 12.4 Å². The van der Waals surface area contributed by atoms with E-state index in [2.05, 4.69) is 40.1 Å². The molecule has 5 heteroatoms. The first-order valence-electron chi connectivity index (χ1n) is 7.77. The zero-order chi connectivity index (χ0) is 14.7. The van der Waals surface area contributed by atoms with Gasteiger partial charge in [-0.3, -0.25) is 14.6 Å². The second kappa shape index (κ2) is 6.35. The normalized spacial score (nSPS) is 17.2. The van der Waals surface area contributed by atoms with Crippen molar-refractivity contribution >= 4 is 0 Å². The van der Waals surface area contributed by atoms with Crippen LogP contribution in [0.3, 0.4) is 0 Å². The van der Waals surface area contributed by atoms with E-state index in [1.807, 2.05) is 10.9 Å². The molecule has 1 aliphatic heterocycles. The van der Waals surface area contributed by atoms with Crippen LogP contribution < -0.4 is 0 Å². The van der Waals surface area contributed by atoms with E-state index < -0.39 is 0 Å². The molecule has 2 aromatic rings. The molecule has 1 fully saturated rings. The maximum Gasteiger partial charge on any atom is 0.0948 e. The van der Waals surface area contributed by atoms with Crippen LogP contribution in [0.25, 0.3) is 11.3 Å². The summed E-state index contributed by atoms with van der Waals surface area (Å²) in [6.45, 7) is 5.35. The van der Waals surface area contributed by atoms with Crippen LogP contribution in [-0.4, -0.2) is 44.8 Å². The molecule has 112 valence electrons. The van der Waals surface area contributed by atoms with E-state index in [4.69, 9.17) is 0 Å². The summed E-state index contributed by atoms with van der Waals surface area (Å²) in [7, 11) is 2.20. The number of nitrogens with zero attached hydrogens (tertiary/aromatic N) is 5. The van der Waals surface area contributed by atoms with E-state index >= 15 is 0 Å². The van der Waals surface area contributed by atoms with Crippen molar-refractivity contribution in [2.75, 3.05) is 20.1 Å². The zero-order valence-electron chi connectivity index (χ0n) is 12.9. The standard InChI is InChI=1S/C16H23N5/c1-3-21-12-14(11-19-21)16-15(17-6-7-18-16)10-13-4-8-20(2)9-5-13/h6-7,11-13H,3-5,8-10H2,1-2H3. The van der Waals surface area contributed by atoms with Gasteiger partial charge in [-0.05, 0) is 52.2 Å². The van der Waals surface area contributed by atoms with Gasteiger partial charge in [0.15, 0.2) is 0 Å². The summed E-state index contributed by atoms with van der Waals surface area (Å²) in [5, 5.41) is 4.35. The lowest BCUT2D eigenvalue weighted by Gasteiger charge is -2.28. The molecule has 0 radical (unpaired) electrons. The SMILES string of the molecule is CCn1cc(-c2nccnc2CC2CCN(C)CC2)cn1. The first-order valence-corrected chi connectivity index (χ1v) is 7.77. The molecule has 0 amide bonds. The second-order valence-corrected chi connectivity index (χ2v) is 5.89. The lowest BCUT2D eigenvalue weighted by atomic mass is 9.91. The van der Waals surface area contributed by atoms with E-state index in [1.165, 1.54) is 25.9 Å². The van der Waals surface area contributed by atoms with Gasteiger partial charge in [0, 0.05) is 30.7 Å². The molecule has 5 nitrogen and oxygen atoms in total. The molecule has 2 aromatic heterocycles. The monoisotopic (exact) mass is 285 g/mol. The van der Waals surface area contributed by atoms with Crippen molar-refractivity contribution in [3.63, 3.8) is 0 Å². The number of aryl methyl sites for hydroxylation is 1. The molecular weight excluding hydrogens is 262 g/mol. The van der Waals surface area contributed by atoms with E-state index in [0.717, 1.165) is 35.8 Å². The van der Waals surface area contributed by atoms with E-state index in [9.17, 15) is 0 Å². The van der Waals surface area contributed by atoms with Crippen molar-refractivity contribution in [3.05, 3.63) is 30.5 Å². The van der Waals surface area contributed by atoms with Crippen LogP contribution >= 0.6 is 0 Å². The third-order valence-electron chi connectivity index (χ3n) is 4.32. The molecule has 0 unspecified atom stereocenters. The number of hydrogen-bond donors (Lipinski definition) is 0. The van der Waals surface area contributed by atoms with Crippen LogP contribution in [0.1, 0.15) is 25.5 Å². The predicted molar refractivity (Wildman–Crippen MR) is 82.9 cm³/mol. The Kier molecular flexibility index (Phi) is 4.29. The molecule has 3 rings (SSSR count). The Morgan fingerprint density at radius 3 is 2.67 bits per heavy atom. The quantitative estimate of drug-likeness (QED) is 0.864. The molecule has 21 heavy (non-hydrogen) atoms. The average Bonchev–Trinajstić information content (AvgIpc) is 2.99. The minimum atomic E-state index is 0.720. The van der Waals surface area contributed by atoms with Gasteiger partial charge in [-0.15, -0.1) is 0 Å². The van der Waals surface area contributed by atoms with Gasteiger partial charge in [0.25, 0.3) is 0 Å². The highest BCUT2D eigenvalue weighted by Gasteiger charge is 2.20. The fraction of sp³-hybridized carbons (Fsp3) is 0.562. The van der Waals surface area contributed by atoms with Crippen LogP contribution in [0.2, 0.25) is 0 Å². The van der Waals surface area contributed by atoms with Crippen molar-refractivity contribution in [3.8, 4) is 11.3 Å². The molecule has 1 aliphatic rings. The summed E-state index contributed by atoms with van der Waals surface area (Å²) >= 11 is 0. The molecular formula is C16H23N5. The number of piperidine rings is 1. The zero-order valence-corrected chi connectivity index (χ0v) is 12.9. The first-order chi connectivity index (χ1) is 10.3. The Bertz CT molecular complexity index is 584. The Morgan fingerprint density at radius 1 is 1.19 bits per heavy atom. The van der Waals surface area contributed by atoms with Gasteiger partial charge in [0.2, 0.25) is 0 Å². The highest BCUT2D eigenvalue weighted by Crippen LogP contribution is 2.25. The summed E-state index contributed by atoms with van der Waals surface area (Å²) in [5.41, 5.74) is 3.19. The molecule has 0 saturated carbocycles. The van der Waals surface area contributed by atoms with Gasteiger partial charge in [-0.2, -0.15) is 5.10 Å². The second-order valence-electron chi connectivity index (χ2n) is 5.89. The summed E-state index contributed by atoms with van der Waals surface area (Å²) in [5.74, 6) is 0.720. The number of aromatic nitrogens is 4. The van der Waals surface area contributed by atoms with Gasteiger partial charge in [-0.1, -0.05) is 0 Å². The fourth-order valence-electron chi connectivity index (χ4n) is 2.96. The van der Waals surface area contributed by atoms with E-state index in [-0.39, 0.29) is 0 Å². The topological polar surface area (TPSA) is 46.8 Å². The largest absolute Gasteiger partial charge is 0.306 e. The molecule has 0 bridgehead atoms. The van der Waals surface area contributed by atoms with Gasteiger partial charge >= 0.3 is 0 Å². The first kappa shape index (κ1) is 14.2. The summed E-state index contributed by atoms with van der Waals surface area (Å²) < 4.78 is 1.93. The Morgan fingerprint density at radius 2 is 1.95 bits per heavy atom. The van der Waals surface area contributed by atoms with Gasteiger partial charge < -0.3 is 4.90 Å². The molecule has 1 saturated heterocycles. The molecule has 3 heterocycles. The third-order valence-corrected chi connectivity index (χ3v) is 4.32. The third kappa shape index (κ3) is 3.29. The number of hydrogen-bond acceptors (Lipinski definition) is 4. The maximum absolute atomic E-state index is 4.59. The number of likely N-dealkylation sites (tertiary alicyclic amines) is 1. The van der Waals surface area contributed by atoms with Crippen LogP contribution in [0, 0.1) is 5.92 Å². The Hall–Kier alpha value is -1.75. The molecule has 0 N–H and O–H groups in total. The van der Waals surface area contributed by atoms with Crippen LogP contribution in [-0.2, 0) is 13.0 Å². The summed E-state index contributed by atoms with van der Waals surface area (Å²) in [4.78, 5) is 11.5. The minimum Gasteiger partial charge on any atom is -0.306 e. The number of rotatable bonds is 4. The van der Waals surface area contributed by atoms with Gasteiger partial charge in [0.05, 0.1) is 17.6 Å². The lowest BCUT2D eigenvalue weighted by Crippen LogP contribution is -2.31. The van der Waals surface area contributed by atoms with Gasteiger partial charge in [-0.25, -0.2) is 0 Å². The van der Waals surface area contributed by atoms with Crippen molar-refractivity contribution in [1.82, 2.24) is 24.6 Å².